The molecule has 1 aliphatic heterocycles. The maximum absolute atomic E-state index is 12.4. The number of rotatable bonds is 3. The molecule has 1 aromatic carbocycles. The maximum Gasteiger partial charge on any atom is 0.573 e. The predicted molar refractivity (Wildman–Crippen MR) is 79.7 cm³/mol. The Morgan fingerprint density at radius 1 is 1.23 bits per heavy atom. The number of halogens is 5. The highest BCUT2D eigenvalue weighted by molar-refractivity contribution is 9.10. The maximum atomic E-state index is 12.4. The minimum Gasteiger partial charge on any atom is -0.406 e. The van der Waals surface area contributed by atoms with Crippen LogP contribution in [0.1, 0.15) is 0 Å². The number of nitrogens with zero attached hydrogens (tertiary/aromatic N) is 1. The van der Waals surface area contributed by atoms with E-state index in [9.17, 15) is 21.6 Å². The van der Waals surface area contributed by atoms with Crippen LogP contribution < -0.4 is 10.1 Å². The predicted octanol–water partition coefficient (Wildman–Crippen LogP) is 2.36. The van der Waals surface area contributed by atoms with Crippen LogP contribution in [0.15, 0.2) is 27.6 Å². The van der Waals surface area contributed by atoms with Crippen LogP contribution in [-0.4, -0.2) is 45.3 Å². The van der Waals surface area contributed by atoms with Gasteiger partial charge in [0.25, 0.3) is 0 Å². The zero-order chi connectivity index (χ0) is 15.7. The largest absolute Gasteiger partial charge is 0.573 e. The van der Waals surface area contributed by atoms with Crippen LogP contribution in [-0.2, 0) is 10.0 Å². The minimum atomic E-state index is -4.82. The van der Waals surface area contributed by atoms with Gasteiger partial charge in [0, 0.05) is 30.7 Å². The zero-order valence-corrected chi connectivity index (χ0v) is 14.3. The molecule has 1 fully saturated rings. The topological polar surface area (TPSA) is 58.6 Å². The molecule has 0 saturated carbocycles. The molecule has 0 spiro atoms. The third kappa shape index (κ3) is 4.72. The van der Waals surface area contributed by atoms with Gasteiger partial charge in [-0.1, -0.05) is 0 Å². The molecule has 5 nitrogen and oxygen atoms in total. The van der Waals surface area contributed by atoms with E-state index in [1.165, 1.54) is 4.31 Å². The Hall–Kier alpha value is -0.550. The van der Waals surface area contributed by atoms with Crippen LogP contribution in [0.5, 0.6) is 5.75 Å². The molecule has 0 unspecified atom stereocenters. The lowest BCUT2D eigenvalue weighted by Gasteiger charge is -2.27. The molecule has 0 bridgehead atoms. The Labute approximate surface area is 140 Å². The van der Waals surface area contributed by atoms with Gasteiger partial charge in [-0.15, -0.1) is 25.6 Å². The number of sulfonamides is 1. The van der Waals surface area contributed by atoms with Gasteiger partial charge in [0.15, 0.2) is 0 Å². The number of ether oxygens (including phenoxy) is 1. The van der Waals surface area contributed by atoms with E-state index in [0.29, 0.717) is 26.2 Å². The molecule has 1 aliphatic rings. The highest BCUT2D eigenvalue weighted by Crippen LogP contribution is 2.31. The number of alkyl halides is 3. The summed E-state index contributed by atoms with van der Waals surface area (Å²) in [5.41, 5.74) is 0. The Morgan fingerprint density at radius 2 is 1.82 bits per heavy atom. The summed E-state index contributed by atoms with van der Waals surface area (Å²) in [4.78, 5) is -0.0843. The van der Waals surface area contributed by atoms with E-state index in [1.807, 2.05) is 0 Å². The zero-order valence-electron chi connectivity index (χ0n) is 11.1. The highest BCUT2D eigenvalue weighted by Gasteiger charge is 2.32. The smallest absolute Gasteiger partial charge is 0.406 e. The summed E-state index contributed by atoms with van der Waals surface area (Å²) in [5, 5.41) is 3.02. The van der Waals surface area contributed by atoms with Crippen LogP contribution in [0.3, 0.4) is 0 Å². The molecule has 0 amide bonds. The van der Waals surface area contributed by atoms with E-state index < -0.39 is 22.1 Å². The average Bonchev–Trinajstić information content (AvgIpc) is 2.37. The first-order valence-electron chi connectivity index (χ1n) is 5.96. The summed E-state index contributed by atoms with van der Waals surface area (Å²) in [6.45, 7) is 1.70. The van der Waals surface area contributed by atoms with Crippen LogP contribution in [0.4, 0.5) is 13.2 Å². The van der Waals surface area contributed by atoms with Gasteiger partial charge in [0.2, 0.25) is 10.0 Å². The second-order valence-electron chi connectivity index (χ2n) is 4.29. The van der Waals surface area contributed by atoms with Gasteiger partial charge in [0.1, 0.15) is 5.75 Å². The summed E-state index contributed by atoms with van der Waals surface area (Å²) in [6, 6.07) is 3.07. The molecule has 11 heteroatoms. The number of nitrogens with one attached hydrogen (secondary N) is 1. The fraction of sp³-hybridized carbons (Fsp3) is 0.455. The molecular weight excluding hydrogens is 413 g/mol. The molecule has 1 heterocycles. The lowest BCUT2D eigenvalue weighted by Crippen LogP contribution is -2.46. The molecule has 0 radical (unpaired) electrons. The van der Waals surface area contributed by atoms with Crippen molar-refractivity contribution < 1.29 is 26.3 Å². The lowest BCUT2D eigenvalue weighted by atomic mass is 10.3. The van der Waals surface area contributed by atoms with Gasteiger partial charge in [-0.05, 0) is 34.1 Å². The van der Waals surface area contributed by atoms with E-state index in [-0.39, 0.29) is 21.8 Å². The molecule has 0 atom stereocenters. The van der Waals surface area contributed by atoms with Crippen molar-refractivity contribution in [1.29, 1.82) is 0 Å². The van der Waals surface area contributed by atoms with Gasteiger partial charge in [-0.2, -0.15) is 4.31 Å². The Bertz CT molecular complexity index is 621. The normalized spacial score (nSPS) is 16.9. The first kappa shape index (κ1) is 19.5. The summed E-state index contributed by atoms with van der Waals surface area (Å²) in [6.07, 6.45) is -4.82. The van der Waals surface area contributed by atoms with Crippen LogP contribution in [0, 0.1) is 0 Å². The van der Waals surface area contributed by atoms with Gasteiger partial charge in [0.05, 0.1) is 4.90 Å². The third-order valence-corrected chi connectivity index (χ3v) is 5.71. The highest BCUT2D eigenvalue weighted by atomic mass is 79.9. The van der Waals surface area contributed by atoms with E-state index in [0.717, 1.165) is 18.2 Å². The molecule has 1 aromatic rings. The van der Waals surface area contributed by atoms with Crippen molar-refractivity contribution in [3.05, 3.63) is 22.7 Å². The molecule has 2 rings (SSSR count). The number of hydrogen-bond acceptors (Lipinski definition) is 4. The van der Waals surface area contributed by atoms with Gasteiger partial charge < -0.3 is 10.1 Å². The summed E-state index contributed by atoms with van der Waals surface area (Å²) >= 11 is 2.99. The molecule has 126 valence electrons. The summed E-state index contributed by atoms with van der Waals surface area (Å²) in [5.74, 6) is -0.478. The SMILES string of the molecule is Cl.O=S(=O)(c1ccc(OC(F)(F)F)cc1Br)N1CCNCC1. The van der Waals surface area contributed by atoms with E-state index in [4.69, 9.17) is 0 Å². The number of piperazine rings is 1. The quantitative estimate of drug-likeness (QED) is 0.808. The molecule has 1 saturated heterocycles. The van der Waals surface area contributed by atoms with Crippen molar-refractivity contribution in [1.82, 2.24) is 9.62 Å². The number of benzene rings is 1. The Kier molecular flexibility index (Phi) is 6.51. The van der Waals surface area contributed by atoms with Gasteiger partial charge >= 0.3 is 6.36 Å². The van der Waals surface area contributed by atoms with Gasteiger partial charge in [-0.3, -0.25) is 0 Å². The first-order valence-corrected chi connectivity index (χ1v) is 8.19. The van der Waals surface area contributed by atoms with Crippen LogP contribution in [0.2, 0.25) is 0 Å². The van der Waals surface area contributed by atoms with E-state index in [2.05, 4.69) is 26.0 Å². The first-order chi connectivity index (χ1) is 9.70. The van der Waals surface area contributed by atoms with Crippen molar-refractivity contribution in [2.45, 2.75) is 11.3 Å². The second kappa shape index (κ2) is 7.35. The minimum absolute atomic E-state index is 0. The van der Waals surface area contributed by atoms with Gasteiger partial charge in [-0.25, -0.2) is 8.42 Å². The Morgan fingerprint density at radius 3 is 2.32 bits per heavy atom. The monoisotopic (exact) mass is 424 g/mol. The van der Waals surface area contributed by atoms with E-state index >= 15 is 0 Å². The van der Waals surface area contributed by atoms with E-state index in [1.54, 1.807) is 0 Å². The molecule has 0 aromatic heterocycles. The summed E-state index contributed by atoms with van der Waals surface area (Å²) in [7, 11) is -3.74. The molecule has 1 N–H and O–H groups in total. The summed E-state index contributed by atoms with van der Waals surface area (Å²) < 4.78 is 66.3. The molecule has 0 aliphatic carbocycles. The fourth-order valence-electron chi connectivity index (χ4n) is 1.91. The molecule has 22 heavy (non-hydrogen) atoms. The van der Waals surface area contributed by atoms with Crippen LogP contribution >= 0.6 is 28.3 Å². The average molecular weight is 426 g/mol. The van der Waals surface area contributed by atoms with Crippen molar-refractivity contribution in [2.75, 3.05) is 26.2 Å². The van der Waals surface area contributed by atoms with Crippen molar-refractivity contribution in [2.24, 2.45) is 0 Å². The standard InChI is InChI=1S/C11H12BrF3N2O3S.ClH/c12-9-7-8(20-11(13,14)15)1-2-10(9)21(18,19)17-5-3-16-4-6-17;/h1-2,7,16H,3-6H2;1H. The van der Waals surface area contributed by atoms with Crippen LogP contribution in [0.25, 0.3) is 0 Å². The molecular formula is C11H13BrClF3N2O3S. The number of hydrogen-bond donors (Lipinski definition) is 1. The fourth-order valence-corrected chi connectivity index (χ4v) is 4.37. The van der Waals surface area contributed by atoms with Crippen molar-refractivity contribution >= 4 is 38.4 Å². The van der Waals surface area contributed by atoms with Crippen molar-refractivity contribution in [3.8, 4) is 5.75 Å². The Balaban J connectivity index is 0.00000242. The lowest BCUT2D eigenvalue weighted by molar-refractivity contribution is -0.274. The second-order valence-corrected chi connectivity index (χ2v) is 7.05. The third-order valence-electron chi connectivity index (χ3n) is 2.83. The van der Waals surface area contributed by atoms with Crippen molar-refractivity contribution in [3.63, 3.8) is 0 Å².